The van der Waals surface area contributed by atoms with Gasteiger partial charge in [-0.3, -0.25) is 9.89 Å². The van der Waals surface area contributed by atoms with Gasteiger partial charge < -0.3 is 10.6 Å². The van der Waals surface area contributed by atoms with E-state index in [9.17, 15) is 4.79 Å². The number of rotatable bonds is 4. The van der Waals surface area contributed by atoms with Crippen LogP contribution in [0, 0.1) is 6.92 Å². The topological polar surface area (TPSA) is 82.7 Å². The summed E-state index contributed by atoms with van der Waals surface area (Å²) < 4.78 is 0. The maximum atomic E-state index is 11.9. The van der Waals surface area contributed by atoms with Crippen LogP contribution in [-0.2, 0) is 4.79 Å². The lowest BCUT2D eigenvalue weighted by molar-refractivity contribution is -0.117. The highest BCUT2D eigenvalue weighted by atomic mass is 16.2. The Labute approximate surface area is 111 Å². The Morgan fingerprint density at radius 1 is 1.37 bits per heavy atom. The highest BCUT2D eigenvalue weighted by molar-refractivity contribution is 5.97. The van der Waals surface area contributed by atoms with E-state index in [1.165, 1.54) is 0 Å². The normalized spacial score (nSPS) is 12.2. The molecule has 2 rings (SSSR count). The van der Waals surface area contributed by atoms with E-state index in [1.54, 1.807) is 14.0 Å². The second-order valence-electron chi connectivity index (χ2n) is 4.29. The summed E-state index contributed by atoms with van der Waals surface area (Å²) >= 11 is 0. The zero-order valence-corrected chi connectivity index (χ0v) is 11.2. The summed E-state index contributed by atoms with van der Waals surface area (Å²) in [5, 5.41) is 12.7. The Morgan fingerprint density at radius 2 is 2.11 bits per heavy atom. The van der Waals surface area contributed by atoms with E-state index >= 15 is 0 Å². The van der Waals surface area contributed by atoms with Gasteiger partial charge in [-0.15, -0.1) is 0 Å². The van der Waals surface area contributed by atoms with E-state index in [4.69, 9.17) is 0 Å². The molecule has 1 heterocycles. The quantitative estimate of drug-likeness (QED) is 0.773. The first-order valence-electron chi connectivity index (χ1n) is 6.08. The fraction of sp³-hybridized carbons (Fsp3) is 0.308. The molecule has 1 amide bonds. The first kappa shape index (κ1) is 13.2. The maximum absolute atomic E-state index is 11.9. The van der Waals surface area contributed by atoms with Crippen molar-refractivity contribution in [1.82, 2.24) is 20.5 Å². The second kappa shape index (κ2) is 5.62. The van der Waals surface area contributed by atoms with Crippen molar-refractivity contribution >= 4 is 11.6 Å². The molecule has 3 N–H and O–H groups in total. The first-order chi connectivity index (χ1) is 9.11. The Balaban J connectivity index is 2.29. The number of aryl methyl sites for hydroxylation is 1. The van der Waals surface area contributed by atoms with Crippen LogP contribution in [0.15, 0.2) is 24.3 Å². The van der Waals surface area contributed by atoms with Crippen molar-refractivity contribution in [3.63, 3.8) is 0 Å². The molecule has 0 radical (unpaired) electrons. The number of nitrogens with zero attached hydrogens (tertiary/aromatic N) is 2. The molecule has 0 saturated carbocycles. The molecule has 6 heteroatoms. The Kier molecular flexibility index (Phi) is 3.91. The average Bonchev–Trinajstić information content (AvgIpc) is 2.85. The predicted octanol–water partition coefficient (Wildman–Crippen LogP) is 1.33. The molecule has 0 saturated heterocycles. The summed E-state index contributed by atoms with van der Waals surface area (Å²) in [6.07, 6.45) is 0. The van der Waals surface area contributed by atoms with Crippen molar-refractivity contribution in [1.29, 1.82) is 0 Å². The minimum atomic E-state index is -0.262. The molecule has 19 heavy (non-hydrogen) atoms. The van der Waals surface area contributed by atoms with E-state index in [1.807, 2.05) is 31.2 Å². The van der Waals surface area contributed by atoms with Crippen LogP contribution in [0.3, 0.4) is 0 Å². The van der Waals surface area contributed by atoms with Gasteiger partial charge >= 0.3 is 0 Å². The van der Waals surface area contributed by atoms with Crippen molar-refractivity contribution in [3.8, 4) is 11.4 Å². The summed E-state index contributed by atoms with van der Waals surface area (Å²) in [6, 6.07) is 7.20. The van der Waals surface area contributed by atoms with Crippen LogP contribution in [0.25, 0.3) is 11.4 Å². The van der Waals surface area contributed by atoms with Crippen LogP contribution in [0.5, 0.6) is 0 Å². The molecule has 1 atom stereocenters. The van der Waals surface area contributed by atoms with Crippen molar-refractivity contribution in [3.05, 3.63) is 30.1 Å². The maximum Gasteiger partial charge on any atom is 0.241 e. The number of anilines is 1. The molecular formula is C13H17N5O. The Bertz CT molecular complexity index is 578. The molecule has 2 aromatic rings. The minimum Gasteiger partial charge on any atom is -0.324 e. The number of amides is 1. The lowest BCUT2D eigenvalue weighted by atomic mass is 10.1. The van der Waals surface area contributed by atoms with Gasteiger partial charge in [0.1, 0.15) is 5.82 Å². The van der Waals surface area contributed by atoms with E-state index in [2.05, 4.69) is 25.8 Å². The smallest absolute Gasteiger partial charge is 0.241 e. The monoisotopic (exact) mass is 259 g/mol. The number of likely N-dealkylation sites (N-methyl/N-ethyl adjacent to an activating group) is 1. The number of hydrogen-bond acceptors (Lipinski definition) is 4. The highest BCUT2D eigenvalue weighted by Gasteiger charge is 2.14. The summed E-state index contributed by atoms with van der Waals surface area (Å²) in [5.74, 6) is 1.22. The fourth-order valence-corrected chi connectivity index (χ4v) is 1.62. The van der Waals surface area contributed by atoms with Crippen LogP contribution < -0.4 is 10.6 Å². The molecule has 0 aliphatic heterocycles. The zero-order valence-electron chi connectivity index (χ0n) is 11.2. The molecule has 0 spiro atoms. The number of H-pyrrole nitrogens is 1. The van der Waals surface area contributed by atoms with Gasteiger partial charge in [0.15, 0.2) is 5.82 Å². The third-order valence-electron chi connectivity index (χ3n) is 2.85. The van der Waals surface area contributed by atoms with Crippen molar-refractivity contribution < 1.29 is 4.79 Å². The standard InChI is InChI=1S/C13H17N5O/c1-8(14-3)13(19)16-11-7-5-4-6-10(11)12-15-9(2)17-18-12/h4-8,14H,1-3H3,(H,16,19)(H,15,17,18). The van der Waals surface area contributed by atoms with E-state index in [-0.39, 0.29) is 11.9 Å². The van der Waals surface area contributed by atoms with Gasteiger partial charge in [0.25, 0.3) is 0 Å². The number of carbonyl (C=O) groups is 1. The number of benzene rings is 1. The van der Waals surface area contributed by atoms with Gasteiger partial charge in [-0.05, 0) is 33.0 Å². The van der Waals surface area contributed by atoms with E-state index in [0.717, 1.165) is 11.4 Å². The molecule has 0 aliphatic carbocycles. The molecule has 6 nitrogen and oxygen atoms in total. The number of hydrogen-bond donors (Lipinski definition) is 3. The number of nitrogens with one attached hydrogen (secondary N) is 3. The minimum absolute atomic E-state index is 0.0952. The molecule has 1 aromatic heterocycles. The summed E-state index contributed by atoms with van der Waals surface area (Å²) in [6.45, 7) is 3.63. The lowest BCUT2D eigenvalue weighted by Crippen LogP contribution is -2.35. The van der Waals surface area contributed by atoms with E-state index in [0.29, 0.717) is 11.5 Å². The van der Waals surface area contributed by atoms with E-state index < -0.39 is 0 Å². The molecule has 0 aliphatic rings. The van der Waals surface area contributed by atoms with Gasteiger partial charge in [0.2, 0.25) is 5.91 Å². The summed E-state index contributed by atoms with van der Waals surface area (Å²) in [4.78, 5) is 16.2. The SMILES string of the molecule is CNC(C)C(=O)Nc1ccccc1-c1n[nH]c(C)n1. The second-order valence-corrected chi connectivity index (χ2v) is 4.29. The molecule has 100 valence electrons. The number of aromatic amines is 1. The molecule has 1 unspecified atom stereocenters. The first-order valence-corrected chi connectivity index (χ1v) is 6.08. The van der Waals surface area contributed by atoms with Crippen molar-refractivity contribution in [2.45, 2.75) is 19.9 Å². The van der Waals surface area contributed by atoms with Gasteiger partial charge in [-0.25, -0.2) is 4.98 Å². The molecule has 0 bridgehead atoms. The number of carbonyl (C=O) groups excluding carboxylic acids is 1. The lowest BCUT2D eigenvalue weighted by Gasteiger charge is -2.13. The average molecular weight is 259 g/mol. The Morgan fingerprint density at radius 3 is 2.74 bits per heavy atom. The number of aromatic nitrogens is 3. The number of para-hydroxylation sites is 1. The third-order valence-corrected chi connectivity index (χ3v) is 2.85. The van der Waals surface area contributed by atoms with Crippen LogP contribution in [0.2, 0.25) is 0 Å². The van der Waals surface area contributed by atoms with Crippen LogP contribution in [0.4, 0.5) is 5.69 Å². The zero-order chi connectivity index (χ0) is 13.8. The molecule has 0 fully saturated rings. The molecule has 1 aromatic carbocycles. The highest BCUT2D eigenvalue weighted by Crippen LogP contribution is 2.24. The predicted molar refractivity (Wildman–Crippen MR) is 73.7 cm³/mol. The van der Waals surface area contributed by atoms with Gasteiger partial charge in [0, 0.05) is 5.56 Å². The van der Waals surface area contributed by atoms with Crippen LogP contribution >= 0.6 is 0 Å². The van der Waals surface area contributed by atoms with Crippen LogP contribution in [-0.4, -0.2) is 34.2 Å². The van der Waals surface area contributed by atoms with Gasteiger partial charge in [-0.2, -0.15) is 5.10 Å². The molecular weight excluding hydrogens is 242 g/mol. The van der Waals surface area contributed by atoms with Gasteiger partial charge in [0.05, 0.1) is 11.7 Å². The van der Waals surface area contributed by atoms with Crippen molar-refractivity contribution in [2.75, 3.05) is 12.4 Å². The third kappa shape index (κ3) is 2.97. The summed E-state index contributed by atoms with van der Waals surface area (Å²) in [7, 11) is 1.74. The van der Waals surface area contributed by atoms with Crippen LogP contribution in [0.1, 0.15) is 12.7 Å². The van der Waals surface area contributed by atoms with Crippen molar-refractivity contribution in [2.24, 2.45) is 0 Å². The largest absolute Gasteiger partial charge is 0.324 e. The van der Waals surface area contributed by atoms with Gasteiger partial charge in [-0.1, -0.05) is 12.1 Å². The Hall–Kier alpha value is -2.21. The fourth-order valence-electron chi connectivity index (χ4n) is 1.62. The summed E-state index contributed by atoms with van der Waals surface area (Å²) in [5.41, 5.74) is 1.50.